The summed E-state index contributed by atoms with van der Waals surface area (Å²) in [7, 11) is 0. The third-order valence-electron chi connectivity index (χ3n) is 2.75. The van der Waals surface area contributed by atoms with Crippen molar-refractivity contribution in [2.75, 3.05) is 5.32 Å². The lowest BCUT2D eigenvalue weighted by Gasteiger charge is -2.12. The SMILES string of the molecule is Fc1ccc(Br)c(NCc2ccc(F)c(C(F)(F)F)c2)c1. The zero-order valence-electron chi connectivity index (χ0n) is 10.4. The molecule has 1 nitrogen and oxygen atoms in total. The number of alkyl halides is 3. The molecule has 0 heterocycles. The third kappa shape index (κ3) is 3.93. The van der Waals surface area contributed by atoms with Gasteiger partial charge in [-0.3, -0.25) is 0 Å². The van der Waals surface area contributed by atoms with Crippen molar-refractivity contribution in [3.05, 3.63) is 63.6 Å². The molecule has 0 saturated carbocycles. The minimum Gasteiger partial charge on any atom is -0.380 e. The van der Waals surface area contributed by atoms with Gasteiger partial charge in [0.05, 0.1) is 11.3 Å². The molecule has 21 heavy (non-hydrogen) atoms. The number of benzene rings is 2. The van der Waals surface area contributed by atoms with E-state index < -0.39 is 23.4 Å². The number of nitrogens with one attached hydrogen (secondary N) is 1. The Balaban J connectivity index is 2.19. The van der Waals surface area contributed by atoms with Crippen LogP contribution < -0.4 is 5.32 Å². The van der Waals surface area contributed by atoms with Crippen molar-refractivity contribution in [2.45, 2.75) is 12.7 Å². The molecular formula is C14H9BrF5N. The van der Waals surface area contributed by atoms with Crippen molar-refractivity contribution < 1.29 is 22.0 Å². The Morgan fingerprint density at radius 1 is 1.00 bits per heavy atom. The van der Waals surface area contributed by atoms with Gasteiger partial charge in [-0.2, -0.15) is 13.2 Å². The molecule has 112 valence electrons. The summed E-state index contributed by atoms with van der Waals surface area (Å²) in [5.74, 6) is -1.80. The molecule has 1 N–H and O–H groups in total. The van der Waals surface area contributed by atoms with Gasteiger partial charge in [0.1, 0.15) is 11.6 Å². The fraction of sp³-hybridized carbons (Fsp3) is 0.143. The van der Waals surface area contributed by atoms with E-state index in [0.717, 1.165) is 12.1 Å². The molecule has 0 aromatic heterocycles. The van der Waals surface area contributed by atoms with Crippen LogP contribution in [0.15, 0.2) is 40.9 Å². The Hall–Kier alpha value is -1.63. The Labute approximate surface area is 125 Å². The topological polar surface area (TPSA) is 12.0 Å². The monoisotopic (exact) mass is 365 g/mol. The zero-order chi connectivity index (χ0) is 15.6. The van der Waals surface area contributed by atoms with Gasteiger partial charge in [0.15, 0.2) is 0 Å². The number of hydrogen-bond donors (Lipinski definition) is 1. The summed E-state index contributed by atoms with van der Waals surface area (Å²) in [5, 5.41) is 2.79. The predicted octanol–water partition coefficient (Wildman–Crippen LogP) is 5.36. The Morgan fingerprint density at radius 2 is 1.71 bits per heavy atom. The molecule has 0 spiro atoms. The first-order valence-electron chi connectivity index (χ1n) is 5.82. The lowest BCUT2D eigenvalue weighted by atomic mass is 10.1. The average Bonchev–Trinajstić information content (AvgIpc) is 2.40. The van der Waals surface area contributed by atoms with E-state index in [9.17, 15) is 22.0 Å². The molecule has 0 aliphatic heterocycles. The Morgan fingerprint density at radius 3 is 2.38 bits per heavy atom. The standard InChI is InChI=1S/C14H9BrF5N/c15-11-3-2-9(16)6-13(11)21-7-8-1-4-12(17)10(5-8)14(18,19)20/h1-6,21H,7H2. The van der Waals surface area contributed by atoms with Crippen LogP contribution in [-0.4, -0.2) is 0 Å². The van der Waals surface area contributed by atoms with Gasteiger partial charge in [0.2, 0.25) is 0 Å². The molecular weight excluding hydrogens is 357 g/mol. The minimum atomic E-state index is -4.75. The van der Waals surface area contributed by atoms with Crippen LogP contribution in [0.1, 0.15) is 11.1 Å². The van der Waals surface area contributed by atoms with Crippen LogP contribution >= 0.6 is 15.9 Å². The summed E-state index contributed by atoms with van der Waals surface area (Å²) in [6.07, 6.45) is -4.75. The fourth-order valence-electron chi connectivity index (χ4n) is 1.73. The van der Waals surface area contributed by atoms with Crippen molar-refractivity contribution >= 4 is 21.6 Å². The van der Waals surface area contributed by atoms with Gasteiger partial charge in [-0.25, -0.2) is 8.78 Å². The first kappa shape index (κ1) is 15.8. The van der Waals surface area contributed by atoms with Gasteiger partial charge < -0.3 is 5.32 Å². The summed E-state index contributed by atoms with van der Waals surface area (Å²) in [6, 6.07) is 6.66. The zero-order valence-corrected chi connectivity index (χ0v) is 12.0. The fourth-order valence-corrected chi connectivity index (χ4v) is 2.12. The van der Waals surface area contributed by atoms with Crippen LogP contribution in [0.3, 0.4) is 0 Å². The maximum atomic E-state index is 13.1. The van der Waals surface area contributed by atoms with E-state index in [-0.39, 0.29) is 12.1 Å². The van der Waals surface area contributed by atoms with Crippen LogP contribution in [0.5, 0.6) is 0 Å². The molecule has 2 rings (SSSR count). The molecule has 0 fully saturated rings. The minimum absolute atomic E-state index is 0.00537. The Bertz CT molecular complexity index is 654. The van der Waals surface area contributed by atoms with Gasteiger partial charge in [0, 0.05) is 11.0 Å². The van der Waals surface area contributed by atoms with Crippen molar-refractivity contribution in [3.63, 3.8) is 0 Å². The Kier molecular flexibility index (Phi) is 4.51. The van der Waals surface area contributed by atoms with E-state index in [1.54, 1.807) is 0 Å². The molecule has 0 saturated heterocycles. The van der Waals surface area contributed by atoms with E-state index in [1.807, 2.05) is 0 Å². The van der Waals surface area contributed by atoms with Crippen LogP contribution in [0.4, 0.5) is 27.6 Å². The molecule has 0 aliphatic carbocycles. The number of rotatable bonds is 3. The number of hydrogen-bond acceptors (Lipinski definition) is 1. The van der Waals surface area contributed by atoms with E-state index >= 15 is 0 Å². The largest absolute Gasteiger partial charge is 0.419 e. The van der Waals surface area contributed by atoms with E-state index in [1.165, 1.54) is 24.3 Å². The van der Waals surface area contributed by atoms with Crippen molar-refractivity contribution in [1.82, 2.24) is 0 Å². The average molecular weight is 366 g/mol. The highest BCUT2D eigenvalue weighted by molar-refractivity contribution is 9.10. The van der Waals surface area contributed by atoms with Crippen LogP contribution in [0.2, 0.25) is 0 Å². The highest BCUT2D eigenvalue weighted by Gasteiger charge is 2.34. The van der Waals surface area contributed by atoms with E-state index in [0.29, 0.717) is 10.2 Å². The molecule has 7 heteroatoms. The summed E-state index contributed by atoms with van der Waals surface area (Å²) in [5.41, 5.74) is -0.687. The van der Waals surface area contributed by atoms with Crippen molar-refractivity contribution in [1.29, 1.82) is 0 Å². The van der Waals surface area contributed by atoms with Gasteiger partial charge in [-0.1, -0.05) is 6.07 Å². The molecule has 2 aromatic carbocycles. The van der Waals surface area contributed by atoms with Crippen molar-refractivity contribution in [3.8, 4) is 0 Å². The third-order valence-corrected chi connectivity index (χ3v) is 3.44. The molecule has 2 aromatic rings. The second kappa shape index (κ2) is 6.01. The highest BCUT2D eigenvalue weighted by Crippen LogP contribution is 2.32. The molecule has 0 atom stereocenters. The molecule has 0 radical (unpaired) electrons. The van der Waals surface area contributed by atoms with Crippen LogP contribution in [0.25, 0.3) is 0 Å². The van der Waals surface area contributed by atoms with Crippen LogP contribution in [-0.2, 0) is 12.7 Å². The van der Waals surface area contributed by atoms with Gasteiger partial charge in [-0.05, 0) is 51.8 Å². The van der Waals surface area contributed by atoms with Gasteiger partial charge in [0.25, 0.3) is 0 Å². The first-order valence-corrected chi connectivity index (χ1v) is 6.61. The molecule has 0 unspecified atom stereocenters. The first-order chi connectivity index (χ1) is 9.77. The maximum absolute atomic E-state index is 13.1. The summed E-state index contributed by atoms with van der Waals surface area (Å²) in [6.45, 7) is 0.00537. The molecule has 0 amide bonds. The normalized spacial score (nSPS) is 11.5. The molecule has 0 aliphatic rings. The lowest BCUT2D eigenvalue weighted by molar-refractivity contribution is -0.140. The second-order valence-electron chi connectivity index (χ2n) is 4.29. The van der Waals surface area contributed by atoms with E-state index in [4.69, 9.17) is 0 Å². The predicted molar refractivity (Wildman–Crippen MR) is 72.8 cm³/mol. The summed E-state index contributed by atoms with van der Waals surface area (Å²) >= 11 is 3.19. The van der Waals surface area contributed by atoms with Crippen LogP contribution in [0, 0.1) is 11.6 Å². The quantitative estimate of drug-likeness (QED) is 0.722. The second-order valence-corrected chi connectivity index (χ2v) is 5.14. The summed E-state index contributed by atoms with van der Waals surface area (Å²) in [4.78, 5) is 0. The lowest BCUT2D eigenvalue weighted by Crippen LogP contribution is -2.10. The van der Waals surface area contributed by atoms with E-state index in [2.05, 4.69) is 21.2 Å². The smallest absolute Gasteiger partial charge is 0.380 e. The van der Waals surface area contributed by atoms with Gasteiger partial charge >= 0.3 is 6.18 Å². The maximum Gasteiger partial charge on any atom is 0.419 e. The molecule has 0 bridgehead atoms. The van der Waals surface area contributed by atoms with Crippen molar-refractivity contribution in [2.24, 2.45) is 0 Å². The summed E-state index contributed by atoms with van der Waals surface area (Å²) < 4.78 is 64.6. The highest BCUT2D eigenvalue weighted by atomic mass is 79.9. The number of halogens is 6. The van der Waals surface area contributed by atoms with Gasteiger partial charge in [-0.15, -0.1) is 0 Å². The number of anilines is 1.